The Balaban J connectivity index is 2.26. The topological polar surface area (TPSA) is 95.1 Å². The molecule has 1 atom stereocenters. The Hall–Kier alpha value is -2.47. The molecule has 27 heavy (non-hydrogen) atoms. The number of hydrogen-bond acceptors (Lipinski definition) is 6. The highest BCUT2D eigenvalue weighted by molar-refractivity contribution is 7.54. The molecule has 0 spiro atoms. The summed E-state index contributed by atoms with van der Waals surface area (Å²) >= 11 is 0. The first kappa shape index (κ1) is 20.8. The van der Waals surface area contributed by atoms with Crippen LogP contribution >= 0.6 is 7.60 Å². The summed E-state index contributed by atoms with van der Waals surface area (Å²) in [5.41, 5.74) is 1.78. The van der Waals surface area contributed by atoms with E-state index in [0.29, 0.717) is 6.54 Å². The molecule has 6 nitrogen and oxygen atoms in total. The average molecular weight is 383 g/mol. The zero-order valence-corrected chi connectivity index (χ0v) is 15.8. The van der Waals surface area contributed by atoms with E-state index in [1.165, 1.54) is 0 Å². The molecule has 0 amide bonds. The second-order valence-electron chi connectivity index (χ2n) is 5.70. The summed E-state index contributed by atoms with van der Waals surface area (Å²) in [4.78, 5) is 0. The molecule has 0 aliphatic carbocycles. The van der Waals surface area contributed by atoms with E-state index in [-0.39, 0.29) is 26.1 Å². The molecule has 0 fully saturated rings. The van der Waals surface area contributed by atoms with E-state index >= 15 is 0 Å². The number of rotatable bonds is 11. The molecule has 0 aliphatic heterocycles. The first-order valence-electron chi connectivity index (χ1n) is 8.64. The SMILES string of the molecule is N#CCCOP(=O)(OCCC#N)[C@H](NCc1ccccc1)c1ccccc1. The number of nitrogens with one attached hydrogen (secondary N) is 1. The average Bonchev–Trinajstić information content (AvgIpc) is 2.70. The first-order valence-corrected chi connectivity index (χ1v) is 10.3. The molecule has 2 aromatic carbocycles. The quantitative estimate of drug-likeness (QED) is 0.452. The lowest BCUT2D eigenvalue weighted by molar-refractivity contribution is 0.198. The second-order valence-corrected chi connectivity index (χ2v) is 7.81. The van der Waals surface area contributed by atoms with Crippen LogP contribution < -0.4 is 5.32 Å². The van der Waals surface area contributed by atoms with E-state index in [2.05, 4.69) is 5.32 Å². The summed E-state index contributed by atoms with van der Waals surface area (Å²) in [7, 11) is -3.66. The summed E-state index contributed by atoms with van der Waals surface area (Å²) in [6.07, 6.45) is 0.206. The summed E-state index contributed by atoms with van der Waals surface area (Å²) in [5.74, 6) is -0.712. The van der Waals surface area contributed by atoms with Crippen molar-refractivity contribution in [2.24, 2.45) is 0 Å². The van der Waals surface area contributed by atoms with Crippen LogP contribution in [-0.4, -0.2) is 13.2 Å². The Morgan fingerprint density at radius 2 is 1.41 bits per heavy atom. The number of hydrogen-bond donors (Lipinski definition) is 1. The summed E-state index contributed by atoms with van der Waals surface area (Å²) in [5, 5.41) is 20.8. The van der Waals surface area contributed by atoms with E-state index in [9.17, 15) is 4.57 Å². The third kappa shape index (κ3) is 6.64. The van der Waals surface area contributed by atoms with Crippen molar-refractivity contribution in [3.05, 3.63) is 71.8 Å². The zero-order chi connectivity index (χ0) is 19.4. The van der Waals surface area contributed by atoms with Gasteiger partial charge >= 0.3 is 7.60 Å². The summed E-state index contributed by atoms with van der Waals surface area (Å²) in [6, 6.07) is 22.9. The Labute approximate surface area is 159 Å². The third-order valence-corrected chi connectivity index (χ3v) is 5.94. The fraction of sp³-hybridized carbons (Fsp3) is 0.300. The van der Waals surface area contributed by atoms with Crippen molar-refractivity contribution < 1.29 is 13.6 Å². The number of nitriles is 2. The monoisotopic (exact) mass is 383 g/mol. The molecular formula is C20H22N3O3P. The lowest BCUT2D eigenvalue weighted by Crippen LogP contribution is -2.23. The minimum absolute atomic E-state index is 0.00329. The molecule has 0 saturated carbocycles. The van der Waals surface area contributed by atoms with E-state index in [1.807, 2.05) is 72.8 Å². The van der Waals surface area contributed by atoms with Crippen LogP contribution in [0.15, 0.2) is 60.7 Å². The molecule has 2 rings (SSSR count). The molecule has 0 radical (unpaired) electrons. The molecule has 0 heterocycles. The molecule has 0 aromatic heterocycles. The van der Waals surface area contributed by atoms with Crippen molar-refractivity contribution in [2.45, 2.75) is 25.2 Å². The van der Waals surface area contributed by atoms with Gasteiger partial charge in [-0.1, -0.05) is 60.7 Å². The van der Waals surface area contributed by atoms with E-state index in [0.717, 1.165) is 11.1 Å². The highest BCUT2D eigenvalue weighted by atomic mass is 31.2. The van der Waals surface area contributed by atoms with E-state index in [4.69, 9.17) is 19.6 Å². The lowest BCUT2D eigenvalue weighted by atomic mass is 10.2. The second kappa shape index (κ2) is 11.3. The van der Waals surface area contributed by atoms with E-state index in [1.54, 1.807) is 0 Å². The van der Waals surface area contributed by atoms with Gasteiger partial charge in [-0.25, -0.2) is 0 Å². The van der Waals surface area contributed by atoms with Crippen molar-refractivity contribution in [1.82, 2.24) is 5.32 Å². The molecule has 0 bridgehead atoms. The van der Waals surface area contributed by atoms with Crippen molar-refractivity contribution >= 4 is 7.60 Å². The van der Waals surface area contributed by atoms with Gasteiger partial charge in [0, 0.05) is 6.54 Å². The fourth-order valence-electron chi connectivity index (χ4n) is 2.48. The normalized spacial score (nSPS) is 12.1. The van der Waals surface area contributed by atoms with Crippen LogP contribution in [0.3, 0.4) is 0 Å². The maximum absolute atomic E-state index is 13.6. The third-order valence-electron chi connectivity index (χ3n) is 3.74. The molecule has 7 heteroatoms. The first-order chi connectivity index (χ1) is 13.2. The molecular weight excluding hydrogens is 361 g/mol. The highest BCUT2D eigenvalue weighted by Crippen LogP contribution is 2.59. The maximum atomic E-state index is 13.6. The van der Waals surface area contributed by atoms with Crippen LogP contribution in [0.5, 0.6) is 0 Å². The van der Waals surface area contributed by atoms with Gasteiger partial charge in [0.2, 0.25) is 0 Å². The molecule has 140 valence electrons. The fourth-order valence-corrected chi connectivity index (χ4v) is 4.40. The van der Waals surface area contributed by atoms with Gasteiger partial charge in [0.25, 0.3) is 0 Å². The standard InChI is InChI=1S/C20H22N3O3P/c21-13-7-15-25-27(24,26-16-8-14-22)20(19-11-5-2-6-12-19)23-17-18-9-3-1-4-10-18/h1-6,9-12,20,23H,7-8,15-17H2/t20-/m0/s1. The van der Waals surface area contributed by atoms with Gasteiger partial charge in [-0.2, -0.15) is 10.5 Å². The largest absolute Gasteiger partial charge is 0.352 e. The van der Waals surface area contributed by atoms with Gasteiger partial charge in [0.15, 0.2) is 0 Å². The van der Waals surface area contributed by atoms with Crippen LogP contribution in [0.25, 0.3) is 0 Å². The Bertz CT molecular complexity index is 792. The maximum Gasteiger partial charge on any atom is 0.352 e. The van der Waals surface area contributed by atoms with Gasteiger partial charge in [0.05, 0.1) is 38.2 Å². The van der Waals surface area contributed by atoms with Crippen LogP contribution in [0.2, 0.25) is 0 Å². The van der Waals surface area contributed by atoms with Gasteiger partial charge in [0.1, 0.15) is 5.78 Å². The van der Waals surface area contributed by atoms with Gasteiger partial charge in [-0.05, 0) is 11.1 Å². The zero-order valence-electron chi connectivity index (χ0n) is 15.0. The Morgan fingerprint density at radius 1 is 0.889 bits per heavy atom. The minimum Gasteiger partial charge on any atom is -0.306 e. The van der Waals surface area contributed by atoms with Crippen LogP contribution in [0.4, 0.5) is 0 Å². The van der Waals surface area contributed by atoms with Crippen molar-refractivity contribution in [2.75, 3.05) is 13.2 Å². The van der Waals surface area contributed by atoms with Crippen LogP contribution in [0.1, 0.15) is 29.8 Å². The molecule has 1 N–H and O–H groups in total. The van der Waals surface area contributed by atoms with Crippen LogP contribution in [0, 0.1) is 22.7 Å². The molecule has 0 saturated heterocycles. The summed E-state index contributed by atoms with van der Waals surface area (Å²) < 4.78 is 24.7. The van der Waals surface area contributed by atoms with E-state index < -0.39 is 13.4 Å². The Morgan fingerprint density at radius 3 is 1.93 bits per heavy atom. The van der Waals surface area contributed by atoms with Gasteiger partial charge < -0.3 is 9.05 Å². The Kier molecular flexibility index (Phi) is 8.71. The van der Waals surface area contributed by atoms with Gasteiger partial charge in [-0.15, -0.1) is 0 Å². The van der Waals surface area contributed by atoms with Crippen molar-refractivity contribution in [1.29, 1.82) is 10.5 Å². The predicted molar refractivity (Wildman–Crippen MR) is 102 cm³/mol. The minimum atomic E-state index is -3.66. The highest BCUT2D eigenvalue weighted by Gasteiger charge is 2.37. The van der Waals surface area contributed by atoms with Gasteiger partial charge in [-0.3, -0.25) is 9.88 Å². The lowest BCUT2D eigenvalue weighted by Gasteiger charge is -2.28. The number of nitrogens with zero attached hydrogens (tertiary/aromatic N) is 2. The smallest absolute Gasteiger partial charge is 0.306 e. The number of benzene rings is 2. The predicted octanol–water partition coefficient (Wildman–Crippen LogP) is 4.53. The van der Waals surface area contributed by atoms with Crippen LogP contribution in [-0.2, 0) is 20.2 Å². The summed E-state index contributed by atoms with van der Waals surface area (Å²) in [6.45, 7) is 0.459. The van der Waals surface area contributed by atoms with Crippen molar-refractivity contribution in [3.8, 4) is 12.1 Å². The molecule has 2 aromatic rings. The molecule has 0 aliphatic rings. The molecule has 0 unspecified atom stereocenters. The van der Waals surface area contributed by atoms with Crippen molar-refractivity contribution in [3.63, 3.8) is 0 Å².